The maximum Gasteiger partial charge on any atom is 0.0802 e. The van der Waals surface area contributed by atoms with E-state index in [0.29, 0.717) is 10.0 Å². The van der Waals surface area contributed by atoms with E-state index in [4.69, 9.17) is 23.2 Å². The normalized spacial score (nSPS) is 12.6. The molecule has 1 heterocycles. The Morgan fingerprint density at radius 2 is 2.05 bits per heavy atom. The Bertz CT molecular complexity index is 568. The van der Waals surface area contributed by atoms with Crippen molar-refractivity contribution in [3.63, 3.8) is 0 Å². The summed E-state index contributed by atoms with van der Waals surface area (Å²) in [5, 5.41) is 12.7. The molecule has 0 aliphatic rings. The fourth-order valence-corrected chi connectivity index (χ4v) is 2.47. The van der Waals surface area contributed by atoms with E-state index in [2.05, 4.69) is 29.5 Å². The SMILES string of the molecule is CCCn1nncc1C(NCC)c1ccc(Cl)c(Cl)c1. The standard InChI is InChI=1S/C14H18Cl2N4/c1-3-7-20-13(9-18-19-20)14(17-4-2)10-5-6-11(15)12(16)8-10/h5-6,8-9,14,17H,3-4,7H2,1-2H3. The zero-order chi connectivity index (χ0) is 14.5. The van der Waals surface area contributed by atoms with Gasteiger partial charge in [-0.3, -0.25) is 0 Å². The van der Waals surface area contributed by atoms with Crippen LogP contribution in [0.1, 0.15) is 37.6 Å². The molecule has 4 nitrogen and oxygen atoms in total. The minimum atomic E-state index is 0.0105. The van der Waals surface area contributed by atoms with Crippen molar-refractivity contribution in [2.75, 3.05) is 6.54 Å². The summed E-state index contributed by atoms with van der Waals surface area (Å²) in [7, 11) is 0. The van der Waals surface area contributed by atoms with Gasteiger partial charge < -0.3 is 5.32 Å². The molecule has 0 aliphatic carbocycles. The van der Waals surface area contributed by atoms with Gasteiger partial charge in [0.25, 0.3) is 0 Å². The highest BCUT2D eigenvalue weighted by atomic mass is 35.5. The third-order valence-electron chi connectivity index (χ3n) is 3.06. The Morgan fingerprint density at radius 3 is 2.70 bits per heavy atom. The van der Waals surface area contributed by atoms with Crippen molar-refractivity contribution in [2.45, 2.75) is 32.9 Å². The Kier molecular flexibility index (Phi) is 5.40. The van der Waals surface area contributed by atoms with Crippen LogP contribution in [-0.4, -0.2) is 21.5 Å². The van der Waals surface area contributed by atoms with E-state index in [1.165, 1.54) is 0 Å². The molecular weight excluding hydrogens is 295 g/mol. The van der Waals surface area contributed by atoms with E-state index in [1.807, 2.05) is 22.9 Å². The van der Waals surface area contributed by atoms with Crippen LogP contribution in [0, 0.1) is 0 Å². The summed E-state index contributed by atoms with van der Waals surface area (Å²) in [4.78, 5) is 0. The molecule has 1 unspecified atom stereocenters. The number of aromatic nitrogens is 3. The Balaban J connectivity index is 2.39. The summed E-state index contributed by atoms with van der Waals surface area (Å²) in [6.07, 6.45) is 2.81. The maximum absolute atomic E-state index is 6.12. The topological polar surface area (TPSA) is 42.7 Å². The summed E-state index contributed by atoms with van der Waals surface area (Å²) in [5.74, 6) is 0. The van der Waals surface area contributed by atoms with Crippen LogP contribution in [0.15, 0.2) is 24.4 Å². The van der Waals surface area contributed by atoms with E-state index in [0.717, 1.165) is 30.8 Å². The van der Waals surface area contributed by atoms with Gasteiger partial charge in [-0.05, 0) is 30.7 Å². The molecule has 0 bridgehead atoms. The van der Waals surface area contributed by atoms with Gasteiger partial charge in [-0.25, -0.2) is 4.68 Å². The number of nitrogens with one attached hydrogen (secondary N) is 1. The summed E-state index contributed by atoms with van der Waals surface area (Å²) in [6.45, 7) is 5.87. The number of benzene rings is 1. The predicted molar refractivity (Wildman–Crippen MR) is 82.3 cm³/mol. The Labute approximate surface area is 129 Å². The van der Waals surface area contributed by atoms with Crippen molar-refractivity contribution in [2.24, 2.45) is 0 Å². The molecule has 2 aromatic rings. The van der Waals surface area contributed by atoms with Gasteiger partial charge in [0.15, 0.2) is 0 Å². The number of halogens is 2. The molecule has 0 radical (unpaired) electrons. The van der Waals surface area contributed by atoms with Crippen LogP contribution in [0.4, 0.5) is 0 Å². The number of hydrogen-bond donors (Lipinski definition) is 1. The molecule has 1 N–H and O–H groups in total. The molecule has 20 heavy (non-hydrogen) atoms. The molecule has 1 atom stereocenters. The molecule has 0 amide bonds. The van der Waals surface area contributed by atoms with Crippen LogP contribution in [0.25, 0.3) is 0 Å². The van der Waals surface area contributed by atoms with Crippen LogP contribution in [0.5, 0.6) is 0 Å². The summed E-state index contributed by atoms with van der Waals surface area (Å²) in [6, 6.07) is 5.69. The van der Waals surface area contributed by atoms with Gasteiger partial charge in [0.05, 0.1) is 28.0 Å². The molecule has 0 saturated carbocycles. The molecule has 6 heteroatoms. The van der Waals surface area contributed by atoms with Crippen LogP contribution >= 0.6 is 23.2 Å². The van der Waals surface area contributed by atoms with Gasteiger partial charge in [0, 0.05) is 6.54 Å². The highest BCUT2D eigenvalue weighted by Gasteiger charge is 2.19. The zero-order valence-electron chi connectivity index (χ0n) is 11.6. The third-order valence-corrected chi connectivity index (χ3v) is 3.80. The average Bonchev–Trinajstić information content (AvgIpc) is 2.88. The highest BCUT2D eigenvalue weighted by molar-refractivity contribution is 6.42. The second kappa shape index (κ2) is 7.07. The molecular formula is C14H18Cl2N4. The average molecular weight is 313 g/mol. The summed E-state index contributed by atoms with van der Waals surface area (Å²) < 4.78 is 1.93. The van der Waals surface area contributed by atoms with E-state index in [9.17, 15) is 0 Å². The fraction of sp³-hybridized carbons (Fsp3) is 0.429. The lowest BCUT2D eigenvalue weighted by Crippen LogP contribution is -2.25. The number of aryl methyl sites for hydroxylation is 1. The van der Waals surface area contributed by atoms with Crippen LogP contribution in [0.3, 0.4) is 0 Å². The molecule has 0 saturated heterocycles. The van der Waals surface area contributed by atoms with Gasteiger partial charge in [0.2, 0.25) is 0 Å². The first-order valence-electron chi connectivity index (χ1n) is 6.74. The van der Waals surface area contributed by atoms with Gasteiger partial charge >= 0.3 is 0 Å². The van der Waals surface area contributed by atoms with Crippen LogP contribution in [-0.2, 0) is 6.54 Å². The van der Waals surface area contributed by atoms with Crippen LogP contribution < -0.4 is 5.32 Å². The maximum atomic E-state index is 6.12. The first kappa shape index (κ1) is 15.3. The first-order chi connectivity index (χ1) is 9.67. The second-order valence-corrected chi connectivity index (χ2v) is 5.36. The monoisotopic (exact) mass is 312 g/mol. The zero-order valence-corrected chi connectivity index (χ0v) is 13.1. The lowest BCUT2D eigenvalue weighted by Gasteiger charge is -2.19. The molecule has 108 valence electrons. The Morgan fingerprint density at radius 1 is 1.25 bits per heavy atom. The number of rotatable bonds is 6. The highest BCUT2D eigenvalue weighted by Crippen LogP contribution is 2.28. The molecule has 0 spiro atoms. The van der Waals surface area contributed by atoms with Gasteiger partial charge in [-0.1, -0.05) is 48.3 Å². The van der Waals surface area contributed by atoms with E-state index >= 15 is 0 Å². The first-order valence-corrected chi connectivity index (χ1v) is 7.49. The summed E-state index contributed by atoms with van der Waals surface area (Å²) in [5.41, 5.74) is 2.09. The number of hydrogen-bond acceptors (Lipinski definition) is 3. The smallest absolute Gasteiger partial charge is 0.0802 e. The third kappa shape index (κ3) is 3.32. The molecule has 0 fully saturated rings. The van der Waals surface area contributed by atoms with Crippen molar-refractivity contribution in [1.82, 2.24) is 20.3 Å². The van der Waals surface area contributed by atoms with Gasteiger partial charge in [-0.15, -0.1) is 5.10 Å². The van der Waals surface area contributed by atoms with Crippen molar-refractivity contribution in [1.29, 1.82) is 0 Å². The quantitative estimate of drug-likeness (QED) is 0.884. The van der Waals surface area contributed by atoms with Gasteiger partial charge in [-0.2, -0.15) is 0 Å². The van der Waals surface area contributed by atoms with Crippen molar-refractivity contribution >= 4 is 23.2 Å². The lowest BCUT2D eigenvalue weighted by atomic mass is 10.0. The molecule has 0 aliphatic heterocycles. The summed E-state index contributed by atoms with van der Waals surface area (Å²) >= 11 is 12.1. The largest absolute Gasteiger partial charge is 0.305 e. The van der Waals surface area contributed by atoms with Crippen molar-refractivity contribution < 1.29 is 0 Å². The minimum Gasteiger partial charge on any atom is -0.305 e. The lowest BCUT2D eigenvalue weighted by molar-refractivity contribution is 0.511. The second-order valence-electron chi connectivity index (χ2n) is 4.55. The van der Waals surface area contributed by atoms with E-state index in [1.54, 1.807) is 6.20 Å². The predicted octanol–water partition coefficient (Wildman–Crippen LogP) is 3.69. The fourth-order valence-electron chi connectivity index (χ4n) is 2.16. The van der Waals surface area contributed by atoms with E-state index < -0.39 is 0 Å². The van der Waals surface area contributed by atoms with Gasteiger partial charge in [0.1, 0.15) is 0 Å². The van der Waals surface area contributed by atoms with Crippen LogP contribution in [0.2, 0.25) is 10.0 Å². The molecule has 2 rings (SSSR count). The number of nitrogens with zero attached hydrogens (tertiary/aromatic N) is 3. The molecule has 1 aromatic carbocycles. The Hall–Kier alpha value is -1.10. The van der Waals surface area contributed by atoms with Crippen molar-refractivity contribution in [3.8, 4) is 0 Å². The van der Waals surface area contributed by atoms with E-state index in [-0.39, 0.29) is 6.04 Å². The van der Waals surface area contributed by atoms with Crippen molar-refractivity contribution in [3.05, 3.63) is 45.7 Å². The minimum absolute atomic E-state index is 0.0105. The molecule has 1 aromatic heterocycles.